The Morgan fingerprint density at radius 3 is 2.80 bits per heavy atom. The minimum absolute atomic E-state index is 0.0760. The van der Waals surface area contributed by atoms with E-state index in [1.807, 2.05) is 0 Å². The molecule has 15 heavy (non-hydrogen) atoms. The topological polar surface area (TPSA) is 17.1 Å². The van der Waals surface area contributed by atoms with E-state index in [2.05, 4.69) is 6.92 Å². The molecule has 0 bridgehead atoms. The Bertz CT molecular complexity index is 349. The van der Waals surface area contributed by atoms with Gasteiger partial charge in [-0.3, -0.25) is 4.79 Å². The lowest BCUT2D eigenvalue weighted by Gasteiger charge is -2.03. The highest BCUT2D eigenvalue weighted by atomic mass is 35.5. The quantitative estimate of drug-likeness (QED) is 0.544. The summed E-state index contributed by atoms with van der Waals surface area (Å²) in [4.78, 5) is 11.6. The van der Waals surface area contributed by atoms with Crippen LogP contribution in [-0.2, 0) is 0 Å². The fourth-order valence-electron chi connectivity index (χ4n) is 1.38. The molecule has 0 aromatic heterocycles. The zero-order chi connectivity index (χ0) is 11.3. The van der Waals surface area contributed by atoms with Gasteiger partial charge in [-0.1, -0.05) is 31.4 Å². The first kappa shape index (κ1) is 12.2. The summed E-state index contributed by atoms with van der Waals surface area (Å²) in [7, 11) is 0. The van der Waals surface area contributed by atoms with Crippen LogP contribution >= 0.6 is 11.6 Å². The lowest BCUT2D eigenvalue weighted by atomic mass is 10.0. The highest BCUT2D eigenvalue weighted by Gasteiger charge is 2.10. The number of benzene rings is 1. The first-order valence-corrected chi connectivity index (χ1v) is 5.51. The van der Waals surface area contributed by atoms with Crippen LogP contribution < -0.4 is 0 Å². The lowest BCUT2D eigenvalue weighted by Crippen LogP contribution is -2.00. The van der Waals surface area contributed by atoms with Crippen molar-refractivity contribution >= 4 is 17.4 Å². The summed E-state index contributed by atoms with van der Waals surface area (Å²) >= 11 is 5.82. The summed E-state index contributed by atoms with van der Waals surface area (Å²) in [6, 6.07) is 3.88. The minimum Gasteiger partial charge on any atom is -0.294 e. The van der Waals surface area contributed by atoms with Gasteiger partial charge in [0.1, 0.15) is 5.82 Å². The predicted octanol–water partition coefficient (Wildman–Crippen LogP) is 4.24. The third-order valence-corrected chi connectivity index (χ3v) is 2.57. The molecule has 0 unspecified atom stereocenters. The van der Waals surface area contributed by atoms with Crippen molar-refractivity contribution in [3.8, 4) is 0 Å². The van der Waals surface area contributed by atoms with Gasteiger partial charge in [0.2, 0.25) is 0 Å². The van der Waals surface area contributed by atoms with Gasteiger partial charge in [-0.05, 0) is 24.6 Å². The first-order valence-electron chi connectivity index (χ1n) is 5.13. The Morgan fingerprint density at radius 1 is 1.40 bits per heavy atom. The molecule has 0 aliphatic heterocycles. The normalized spacial score (nSPS) is 10.3. The van der Waals surface area contributed by atoms with E-state index >= 15 is 0 Å². The summed E-state index contributed by atoms with van der Waals surface area (Å²) < 4.78 is 12.9. The van der Waals surface area contributed by atoms with Crippen molar-refractivity contribution < 1.29 is 9.18 Å². The molecule has 0 aliphatic rings. The summed E-state index contributed by atoms with van der Waals surface area (Å²) in [6.45, 7) is 2.07. The smallest absolute Gasteiger partial charge is 0.164 e. The van der Waals surface area contributed by atoms with Gasteiger partial charge in [0.25, 0.3) is 0 Å². The van der Waals surface area contributed by atoms with Gasteiger partial charge in [-0.2, -0.15) is 0 Å². The molecule has 0 heterocycles. The number of rotatable bonds is 5. The van der Waals surface area contributed by atoms with E-state index in [4.69, 9.17) is 11.6 Å². The van der Waals surface area contributed by atoms with Crippen molar-refractivity contribution in [3.05, 3.63) is 34.6 Å². The van der Waals surface area contributed by atoms with E-state index < -0.39 is 5.82 Å². The second-order valence-electron chi connectivity index (χ2n) is 3.50. The molecule has 0 N–H and O–H groups in total. The highest BCUT2D eigenvalue weighted by molar-refractivity contribution is 6.33. The molecule has 0 saturated heterocycles. The molecule has 0 fully saturated rings. The Kier molecular flexibility index (Phi) is 4.76. The fraction of sp³-hybridized carbons (Fsp3) is 0.417. The molecule has 1 nitrogen and oxygen atoms in total. The zero-order valence-corrected chi connectivity index (χ0v) is 9.48. The molecule has 0 amide bonds. The van der Waals surface area contributed by atoms with Crippen LogP contribution in [0.25, 0.3) is 0 Å². The fourth-order valence-corrected chi connectivity index (χ4v) is 1.60. The summed E-state index contributed by atoms with van der Waals surface area (Å²) in [5, 5.41) is 0.331. The lowest BCUT2D eigenvalue weighted by molar-refractivity contribution is 0.0979. The van der Waals surface area contributed by atoms with Crippen molar-refractivity contribution in [2.75, 3.05) is 0 Å². The van der Waals surface area contributed by atoms with E-state index in [9.17, 15) is 9.18 Å². The second kappa shape index (κ2) is 5.86. The minimum atomic E-state index is -0.418. The van der Waals surface area contributed by atoms with Crippen molar-refractivity contribution in [3.63, 3.8) is 0 Å². The average Bonchev–Trinajstić information content (AvgIpc) is 2.22. The molecule has 3 heteroatoms. The number of hydrogen-bond donors (Lipinski definition) is 0. The van der Waals surface area contributed by atoms with Crippen molar-refractivity contribution in [2.24, 2.45) is 0 Å². The van der Waals surface area contributed by atoms with Crippen molar-refractivity contribution in [2.45, 2.75) is 32.6 Å². The van der Waals surface area contributed by atoms with E-state index in [1.165, 1.54) is 18.2 Å². The van der Waals surface area contributed by atoms with Crippen LogP contribution in [0.5, 0.6) is 0 Å². The molecule has 0 aliphatic carbocycles. The van der Waals surface area contributed by atoms with Gasteiger partial charge in [-0.25, -0.2) is 4.39 Å². The van der Waals surface area contributed by atoms with Crippen LogP contribution in [-0.4, -0.2) is 5.78 Å². The van der Waals surface area contributed by atoms with E-state index in [-0.39, 0.29) is 5.78 Å². The van der Waals surface area contributed by atoms with Crippen molar-refractivity contribution in [1.29, 1.82) is 0 Å². The van der Waals surface area contributed by atoms with Crippen LogP contribution in [0.3, 0.4) is 0 Å². The molecule has 0 spiro atoms. The molecule has 1 aromatic carbocycles. The van der Waals surface area contributed by atoms with E-state index in [1.54, 1.807) is 0 Å². The van der Waals surface area contributed by atoms with Crippen LogP contribution in [0.15, 0.2) is 18.2 Å². The van der Waals surface area contributed by atoms with E-state index in [0.717, 1.165) is 19.3 Å². The van der Waals surface area contributed by atoms with Crippen molar-refractivity contribution in [1.82, 2.24) is 0 Å². The highest BCUT2D eigenvalue weighted by Crippen LogP contribution is 2.19. The van der Waals surface area contributed by atoms with Crippen LogP contribution in [0.2, 0.25) is 5.02 Å². The summed E-state index contributed by atoms with van der Waals surface area (Å²) in [5.41, 5.74) is 0.299. The van der Waals surface area contributed by atoms with E-state index in [0.29, 0.717) is 17.0 Å². The number of Topliss-reactive ketones (excluding diaryl/α,β-unsaturated/α-hetero) is 1. The molecular weight excluding hydrogens is 215 g/mol. The largest absolute Gasteiger partial charge is 0.294 e. The number of ketones is 1. The number of halogens is 2. The van der Waals surface area contributed by atoms with Gasteiger partial charge in [-0.15, -0.1) is 0 Å². The number of carbonyl (C=O) groups excluding carboxylic acids is 1. The Hall–Kier alpha value is -0.890. The SMILES string of the molecule is CCCCCC(=O)c1cc(F)ccc1Cl. The number of hydrogen-bond acceptors (Lipinski definition) is 1. The molecule has 0 radical (unpaired) electrons. The maximum atomic E-state index is 12.9. The van der Waals surface area contributed by atoms with Gasteiger partial charge < -0.3 is 0 Å². The maximum absolute atomic E-state index is 12.9. The van der Waals surface area contributed by atoms with Gasteiger partial charge in [0, 0.05) is 12.0 Å². The van der Waals surface area contributed by atoms with Crippen LogP contribution in [0.4, 0.5) is 4.39 Å². The monoisotopic (exact) mass is 228 g/mol. The number of carbonyl (C=O) groups is 1. The predicted molar refractivity (Wildman–Crippen MR) is 59.9 cm³/mol. The molecule has 1 aromatic rings. The number of unbranched alkanes of at least 4 members (excludes halogenated alkanes) is 2. The van der Waals surface area contributed by atoms with Gasteiger partial charge in [0.15, 0.2) is 5.78 Å². The van der Waals surface area contributed by atoms with Crippen LogP contribution in [0, 0.1) is 5.82 Å². The summed E-state index contributed by atoms with van der Waals surface area (Å²) in [5.74, 6) is -0.494. The Morgan fingerprint density at radius 2 is 2.13 bits per heavy atom. The van der Waals surface area contributed by atoms with Crippen LogP contribution in [0.1, 0.15) is 43.0 Å². The standard InChI is InChI=1S/C12H14ClFO/c1-2-3-4-5-12(15)10-8-9(14)6-7-11(10)13/h6-8H,2-5H2,1H3. The van der Waals surface area contributed by atoms with Gasteiger partial charge in [0.05, 0.1) is 5.02 Å². The van der Waals surface area contributed by atoms with Gasteiger partial charge >= 0.3 is 0 Å². The average molecular weight is 229 g/mol. The molecule has 1 rings (SSSR count). The Balaban J connectivity index is 2.68. The summed E-state index contributed by atoms with van der Waals surface area (Å²) in [6.07, 6.45) is 3.35. The third-order valence-electron chi connectivity index (χ3n) is 2.24. The second-order valence-corrected chi connectivity index (χ2v) is 3.91. The molecule has 82 valence electrons. The molecule has 0 saturated carbocycles. The maximum Gasteiger partial charge on any atom is 0.164 e. The third kappa shape index (κ3) is 3.63. The Labute approximate surface area is 94.3 Å². The molecule has 0 atom stereocenters. The zero-order valence-electron chi connectivity index (χ0n) is 8.72. The molecular formula is C12H14ClFO. The first-order chi connectivity index (χ1) is 7.15.